The Bertz CT molecular complexity index is 509. The van der Waals surface area contributed by atoms with Gasteiger partial charge in [-0.1, -0.05) is 21.6 Å². The number of aliphatic carboxylic acids is 2. The van der Waals surface area contributed by atoms with Gasteiger partial charge in [-0.25, -0.2) is 9.59 Å². The van der Waals surface area contributed by atoms with Crippen molar-refractivity contribution in [1.29, 1.82) is 0 Å². The molecule has 14 heteroatoms. The summed E-state index contributed by atoms with van der Waals surface area (Å²) in [5, 5.41) is 25.2. The SMILES string of the molecule is O=C(O)CC(=O)NC(=O)NCCSSCCNC(=O)NC(=O)CC(=O)O. The molecule has 6 amide bonds. The van der Waals surface area contributed by atoms with Crippen LogP contribution in [-0.4, -0.2) is 70.6 Å². The lowest BCUT2D eigenvalue weighted by Crippen LogP contribution is -2.41. The number of hydrogen-bond donors (Lipinski definition) is 6. The Morgan fingerprint density at radius 1 is 0.654 bits per heavy atom. The highest BCUT2D eigenvalue weighted by Crippen LogP contribution is 2.19. The zero-order valence-corrected chi connectivity index (χ0v) is 15.0. The summed E-state index contributed by atoms with van der Waals surface area (Å²) < 4.78 is 0. The number of hydrogen-bond acceptors (Lipinski definition) is 8. The number of nitrogens with one attached hydrogen (secondary N) is 4. The van der Waals surface area contributed by atoms with Crippen LogP contribution in [0.1, 0.15) is 12.8 Å². The molecule has 146 valence electrons. The molecule has 0 atom stereocenters. The molecule has 0 fully saturated rings. The van der Waals surface area contributed by atoms with Crippen LogP contribution < -0.4 is 21.3 Å². The lowest BCUT2D eigenvalue weighted by molar-refractivity contribution is -0.142. The van der Waals surface area contributed by atoms with Crippen LogP contribution in [-0.2, 0) is 19.2 Å². The Morgan fingerprint density at radius 2 is 1.00 bits per heavy atom. The molecule has 0 aliphatic heterocycles. The number of urea groups is 2. The van der Waals surface area contributed by atoms with Crippen LogP contribution >= 0.6 is 21.6 Å². The highest BCUT2D eigenvalue weighted by molar-refractivity contribution is 8.76. The molecule has 0 unspecified atom stereocenters. The normalized spacial score (nSPS) is 9.69. The fourth-order valence-electron chi connectivity index (χ4n) is 1.24. The van der Waals surface area contributed by atoms with Crippen LogP contribution in [0.15, 0.2) is 0 Å². The third-order valence-corrected chi connectivity index (χ3v) is 4.56. The van der Waals surface area contributed by atoms with E-state index in [1.807, 2.05) is 10.6 Å². The van der Waals surface area contributed by atoms with Crippen molar-refractivity contribution in [2.24, 2.45) is 0 Å². The molecule has 12 nitrogen and oxygen atoms in total. The molecule has 0 saturated heterocycles. The molecular formula is C12H18N4O8S2. The van der Waals surface area contributed by atoms with E-state index in [4.69, 9.17) is 10.2 Å². The molecule has 26 heavy (non-hydrogen) atoms. The first-order chi connectivity index (χ1) is 12.2. The summed E-state index contributed by atoms with van der Waals surface area (Å²) in [4.78, 5) is 64.9. The predicted octanol–water partition coefficient (Wildman–Crippen LogP) is -1.03. The summed E-state index contributed by atoms with van der Waals surface area (Å²) >= 11 is 0. The van der Waals surface area contributed by atoms with E-state index in [1.165, 1.54) is 21.6 Å². The van der Waals surface area contributed by atoms with E-state index in [0.717, 1.165) is 0 Å². The van der Waals surface area contributed by atoms with Crippen molar-refractivity contribution < 1.29 is 39.0 Å². The Labute approximate surface area is 155 Å². The zero-order valence-electron chi connectivity index (χ0n) is 13.4. The summed E-state index contributed by atoms with van der Waals surface area (Å²) in [6.45, 7) is 0.475. The van der Waals surface area contributed by atoms with Gasteiger partial charge in [0.15, 0.2) is 0 Å². The third kappa shape index (κ3) is 15.1. The van der Waals surface area contributed by atoms with Crippen LogP contribution in [0.25, 0.3) is 0 Å². The first kappa shape index (κ1) is 23.5. The fraction of sp³-hybridized carbons (Fsp3) is 0.500. The first-order valence-electron chi connectivity index (χ1n) is 7.04. The van der Waals surface area contributed by atoms with Crippen molar-refractivity contribution >= 4 is 57.4 Å². The summed E-state index contributed by atoms with van der Waals surface area (Å²) in [5.41, 5.74) is 0. The summed E-state index contributed by atoms with van der Waals surface area (Å²) in [6.07, 6.45) is -1.58. The largest absolute Gasteiger partial charge is 0.481 e. The Kier molecular flexibility index (Phi) is 12.5. The number of imide groups is 2. The second-order valence-electron chi connectivity index (χ2n) is 4.39. The second-order valence-corrected chi connectivity index (χ2v) is 7.10. The number of carbonyl (C=O) groups is 6. The second kappa shape index (κ2) is 13.8. The van der Waals surface area contributed by atoms with Gasteiger partial charge >= 0.3 is 24.0 Å². The molecule has 0 aliphatic carbocycles. The van der Waals surface area contributed by atoms with Gasteiger partial charge in [0.2, 0.25) is 11.8 Å². The number of carboxylic acids is 2. The average Bonchev–Trinajstić information content (AvgIpc) is 2.47. The minimum atomic E-state index is -1.34. The highest BCUT2D eigenvalue weighted by atomic mass is 33.1. The standard InChI is InChI=1S/C12H18N4O8S2/c17-7(5-9(19)20)15-11(23)13-1-3-25-26-4-2-14-12(24)16-8(18)6-10(21)22/h1-6H2,(H,19,20)(H,21,22)(H2,13,15,17,23)(H2,14,16,18,24). The molecule has 0 radical (unpaired) electrons. The minimum Gasteiger partial charge on any atom is -0.481 e. The van der Waals surface area contributed by atoms with Gasteiger partial charge in [-0.3, -0.25) is 29.8 Å². The molecular weight excluding hydrogens is 392 g/mol. The number of amides is 6. The van der Waals surface area contributed by atoms with Gasteiger partial charge in [-0.2, -0.15) is 0 Å². The topological polar surface area (TPSA) is 191 Å². The van der Waals surface area contributed by atoms with Crippen molar-refractivity contribution in [3.63, 3.8) is 0 Å². The Balaban J connectivity index is 3.56. The lowest BCUT2D eigenvalue weighted by Gasteiger charge is -2.06. The van der Waals surface area contributed by atoms with E-state index >= 15 is 0 Å². The van der Waals surface area contributed by atoms with Crippen molar-refractivity contribution in [1.82, 2.24) is 21.3 Å². The number of rotatable bonds is 11. The van der Waals surface area contributed by atoms with Crippen LogP contribution in [0.5, 0.6) is 0 Å². The molecule has 0 bridgehead atoms. The van der Waals surface area contributed by atoms with E-state index in [-0.39, 0.29) is 13.1 Å². The summed E-state index contributed by atoms with van der Waals surface area (Å²) in [7, 11) is 2.76. The maximum absolute atomic E-state index is 11.2. The van der Waals surface area contributed by atoms with Crippen molar-refractivity contribution in [3.8, 4) is 0 Å². The van der Waals surface area contributed by atoms with E-state index in [2.05, 4.69) is 10.6 Å². The smallest absolute Gasteiger partial charge is 0.321 e. The Morgan fingerprint density at radius 3 is 1.31 bits per heavy atom. The van der Waals surface area contributed by atoms with Gasteiger partial charge in [-0.15, -0.1) is 0 Å². The molecule has 0 aliphatic rings. The molecule has 0 aromatic heterocycles. The molecule has 0 heterocycles. The maximum atomic E-state index is 11.2. The number of carboxylic acid groups (broad SMARTS) is 2. The van der Waals surface area contributed by atoms with Crippen molar-refractivity contribution in [2.45, 2.75) is 12.8 Å². The van der Waals surface area contributed by atoms with Gasteiger partial charge in [-0.05, 0) is 0 Å². The van der Waals surface area contributed by atoms with Crippen LogP contribution in [0.2, 0.25) is 0 Å². The van der Waals surface area contributed by atoms with E-state index in [1.54, 1.807) is 0 Å². The quantitative estimate of drug-likeness (QED) is 0.139. The van der Waals surface area contributed by atoms with Gasteiger partial charge in [0, 0.05) is 24.6 Å². The Hall–Kier alpha value is -2.48. The summed E-state index contributed by atoms with van der Waals surface area (Å²) in [6, 6.07) is -1.57. The molecule has 0 saturated carbocycles. The lowest BCUT2D eigenvalue weighted by atomic mass is 10.4. The van der Waals surface area contributed by atoms with Gasteiger partial charge in [0.25, 0.3) is 0 Å². The third-order valence-electron chi connectivity index (χ3n) is 2.15. The minimum absolute atomic E-state index is 0.238. The molecule has 0 aromatic carbocycles. The monoisotopic (exact) mass is 410 g/mol. The van der Waals surface area contributed by atoms with E-state index in [9.17, 15) is 28.8 Å². The van der Waals surface area contributed by atoms with Crippen molar-refractivity contribution in [3.05, 3.63) is 0 Å². The summed E-state index contributed by atoms with van der Waals surface area (Å²) in [5.74, 6) is -3.51. The van der Waals surface area contributed by atoms with Gasteiger partial charge in [0.1, 0.15) is 12.8 Å². The van der Waals surface area contributed by atoms with Gasteiger partial charge in [0.05, 0.1) is 0 Å². The first-order valence-corrected chi connectivity index (χ1v) is 9.53. The van der Waals surface area contributed by atoms with Crippen LogP contribution in [0.3, 0.4) is 0 Å². The fourth-order valence-corrected chi connectivity index (χ4v) is 3.05. The molecule has 0 rings (SSSR count). The van der Waals surface area contributed by atoms with E-state index < -0.39 is 48.7 Å². The van der Waals surface area contributed by atoms with Crippen molar-refractivity contribution in [2.75, 3.05) is 24.6 Å². The van der Waals surface area contributed by atoms with Crippen LogP contribution in [0, 0.1) is 0 Å². The van der Waals surface area contributed by atoms with Gasteiger partial charge < -0.3 is 20.8 Å². The highest BCUT2D eigenvalue weighted by Gasteiger charge is 2.11. The van der Waals surface area contributed by atoms with E-state index in [0.29, 0.717) is 11.5 Å². The zero-order chi connectivity index (χ0) is 19.9. The molecule has 0 aromatic rings. The van der Waals surface area contributed by atoms with Crippen LogP contribution in [0.4, 0.5) is 9.59 Å². The number of carbonyl (C=O) groups excluding carboxylic acids is 4. The predicted molar refractivity (Wildman–Crippen MR) is 92.5 cm³/mol. The maximum Gasteiger partial charge on any atom is 0.321 e. The molecule has 0 spiro atoms. The average molecular weight is 410 g/mol. The molecule has 6 N–H and O–H groups in total.